The molecule has 0 radical (unpaired) electrons. The fourth-order valence-electron chi connectivity index (χ4n) is 2.15. The maximum atomic E-state index is 4.21. The second-order valence-electron chi connectivity index (χ2n) is 4.83. The Morgan fingerprint density at radius 1 is 1.19 bits per heavy atom. The van der Waals surface area contributed by atoms with E-state index < -0.39 is 0 Å². The Balaban J connectivity index is 1.41. The number of benzene rings is 1. The Labute approximate surface area is 123 Å². The van der Waals surface area contributed by atoms with E-state index in [9.17, 15) is 0 Å². The predicted octanol–water partition coefficient (Wildman–Crippen LogP) is 1.71. The monoisotopic (exact) mass is 282 g/mol. The van der Waals surface area contributed by atoms with E-state index in [0.717, 1.165) is 37.4 Å². The first-order chi connectivity index (χ1) is 10.4. The molecule has 0 aliphatic carbocycles. The maximum absolute atomic E-state index is 4.21. The average molecular weight is 282 g/mol. The third kappa shape index (κ3) is 3.76. The van der Waals surface area contributed by atoms with E-state index in [1.165, 1.54) is 5.56 Å². The summed E-state index contributed by atoms with van der Waals surface area (Å²) in [5.74, 6) is 0.945. The minimum Gasteiger partial charge on any atom is -0.313 e. The molecule has 6 nitrogen and oxygen atoms in total. The zero-order valence-electron chi connectivity index (χ0n) is 11.7. The molecular formula is C15H18N6. The number of aromatic amines is 1. The molecule has 21 heavy (non-hydrogen) atoms. The number of H-pyrrole nitrogens is 1. The highest BCUT2D eigenvalue weighted by Crippen LogP contribution is 2.08. The zero-order chi connectivity index (χ0) is 14.3. The molecule has 0 aliphatic rings. The zero-order valence-corrected chi connectivity index (χ0v) is 11.7. The van der Waals surface area contributed by atoms with Crippen molar-refractivity contribution < 1.29 is 0 Å². The number of nitrogens with one attached hydrogen (secondary N) is 2. The molecule has 0 saturated carbocycles. The van der Waals surface area contributed by atoms with Crippen LogP contribution < -0.4 is 5.32 Å². The molecule has 3 aromatic rings. The highest BCUT2D eigenvalue weighted by Gasteiger charge is 1.98. The van der Waals surface area contributed by atoms with Gasteiger partial charge in [-0.15, -0.1) is 0 Å². The van der Waals surface area contributed by atoms with Crippen molar-refractivity contribution in [2.75, 3.05) is 6.54 Å². The van der Waals surface area contributed by atoms with Gasteiger partial charge >= 0.3 is 0 Å². The number of aromatic nitrogens is 5. The van der Waals surface area contributed by atoms with Crippen LogP contribution in [0.3, 0.4) is 0 Å². The number of hydrogen-bond acceptors (Lipinski definition) is 4. The van der Waals surface area contributed by atoms with Crippen LogP contribution >= 0.6 is 0 Å². The van der Waals surface area contributed by atoms with Gasteiger partial charge in [-0.3, -0.25) is 5.10 Å². The fourth-order valence-corrected chi connectivity index (χ4v) is 2.15. The number of hydrogen-bond donors (Lipinski definition) is 2. The van der Waals surface area contributed by atoms with Crippen LogP contribution in [-0.4, -0.2) is 31.5 Å². The van der Waals surface area contributed by atoms with Crippen molar-refractivity contribution in [3.8, 4) is 5.69 Å². The summed E-state index contributed by atoms with van der Waals surface area (Å²) < 4.78 is 1.86. The Morgan fingerprint density at radius 2 is 2.10 bits per heavy atom. The van der Waals surface area contributed by atoms with Gasteiger partial charge in [0.15, 0.2) is 0 Å². The van der Waals surface area contributed by atoms with Gasteiger partial charge in [-0.25, -0.2) is 9.67 Å². The molecule has 1 aromatic carbocycles. The van der Waals surface area contributed by atoms with Crippen molar-refractivity contribution >= 4 is 0 Å². The summed E-state index contributed by atoms with van der Waals surface area (Å²) in [6.45, 7) is 1.83. The van der Waals surface area contributed by atoms with Crippen molar-refractivity contribution in [3.63, 3.8) is 0 Å². The molecule has 2 aromatic heterocycles. The van der Waals surface area contributed by atoms with Gasteiger partial charge in [-0.1, -0.05) is 12.1 Å². The fraction of sp³-hybridized carbons (Fsp3) is 0.267. The van der Waals surface area contributed by atoms with Gasteiger partial charge in [0.05, 0.1) is 5.69 Å². The van der Waals surface area contributed by atoms with Crippen LogP contribution in [0.5, 0.6) is 0 Å². The third-order valence-corrected chi connectivity index (χ3v) is 3.27. The first kappa shape index (κ1) is 13.5. The van der Waals surface area contributed by atoms with Crippen LogP contribution in [0, 0.1) is 0 Å². The van der Waals surface area contributed by atoms with E-state index in [0.29, 0.717) is 0 Å². The second kappa shape index (κ2) is 6.81. The van der Waals surface area contributed by atoms with E-state index in [2.05, 4.69) is 49.9 Å². The summed E-state index contributed by atoms with van der Waals surface area (Å²) in [6, 6.07) is 10.3. The molecule has 3 rings (SSSR count). The first-order valence-electron chi connectivity index (χ1n) is 7.06. The van der Waals surface area contributed by atoms with Crippen LogP contribution in [0.2, 0.25) is 0 Å². The van der Waals surface area contributed by atoms with Gasteiger partial charge in [-0.05, 0) is 36.7 Å². The molecular weight excluding hydrogens is 264 g/mol. The summed E-state index contributed by atoms with van der Waals surface area (Å²) in [5, 5.41) is 14.4. The minimum absolute atomic E-state index is 0.871. The summed E-state index contributed by atoms with van der Waals surface area (Å²) >= 11 is 0. The lowest BCUT2D eigenvalue weighted by atomic mass is 10.2. The third-order valence-electron chi connectivity index (χ3n) is 3.27. The Hall–Kier alpha value is -2.47. The van der Waals surface area contributed by atoms with Crippen molar-refractivity contribution in [3.05, 3.63) is 60.4 Å². The maximum Gasteiger partial charge on any atom is 0.137 e. The normalized spacial score (nSPS) is 10.9. The largest absolute Gasteiger partial charge is 0.313 e. The van der Waals surface area contributed by atoms with E-state index in [1.54, 1.807) is 12.5 Å². The topological polar surface area (TPSA) is 71.4 Å². The van der Waals surface area contributed by atoms with Crippen molar-refractivity contribution in [2.45, 2.75) is 19.4 Å². The molecule has 0 amide bonds. The van der Waals surface area contributed by atoms with E-state index in [1.807, 2.05) is 16.9 Å². The Bertz CT molecular complexity index is 627. The molecule has 108 valence electrons. The highest BCUT2D eigenvalue weighted by atomic mass is 15.3. The summed E-state index contributed by atoms with van der Waals surface area (Å²) in [5.41, 5.74) is 2.35. The SMILES string of the molecule is c1cnn(-c2ccc(CNCCCc3ncn[nH]3)cc2)c1. The molecule has 0 fully saturated rings. The Kier molecular flexibility index (Phi) is 4.38. The quantitative estimate of drug-likeness (QED) is 0.647. The molecule has 2 N–H and O–H groups in total. The van der Waals surface area contributed by atoms with Crippen LogP contribution in [0.25, 0.3) is 5.69 Å². The molecule has 2 heterocycles. The molecule has 0 atom stereocenters. The van der Waals surface area contributed by atoms with Gasteiger partial charge in [0.25, 0.3) is 0 Å². The van der Waals surface area contributed by atoms with Gasteiger partial charge < -0.3 is 5.32 Å². The number of nitrogens with zero attached hydrogens (tertiary/aromatic N) is 4. The van der Waals surface area contributed by atoms with Crippen LogP contribution in [0.1, 0.15) is 17.8 Å². The number of aryl methyl sites for hydroxylation is 1. The lowest BCUT2D eigenvalue weighted by Crippen LogP contribution is -2.15. The summed E-state index contributed by atoms with van der Waals surface area (Å²) in [6.07, 6.45) is 7.23. The molecule has 0 bridgehead atoms. The van der Waals surface area contributed by atoms with E-state index in [-0.39, 0.29) is 0 Å². The minimum atomic E-state index is 0.871. The Morgan fingerprint density at radius 3 is 2.81 bits per heavy atom. The van der Waals surface area contributed by atoms with Crippen LogP contribution in [0.4, 0.5) is 0 Å². The van der Waals surface area contributed by atoms with E-state index in [4.69, 9.17) is 0 Å². The highest BCUT2D eigenvalue weighted by molar-refractivity contribution is 5.33. The molecule has 6 heteroatoms. The van der Waals surface area contributed by atoms with E-state index >= 15 is 0 Å². The van der Waals surface area contributed by atoms with Crippen molar-refractivity contribution in [2.24, 2.45) is 0 Å². The lowest BCUT2D eigenvalue weighted by Gasteiger charge is -2.06. The van der Waals surface area contributed by atoms with Gasteiger partial charge in [0, 0.05) is 25.4 Å². The first-order valence-corrected chi connectivity index (χ1v) is 7.06. The van der Waals surface area contributed by atoms with Crippen molar-refractivity contribution in [1.82, 2.24) is 30.3 Å². The molecule has 0 saturated heterocycles. The smallest absolute Gasteiger partial charge is 0.137 e. The molecule has 0 unspecified atom stereocenters. The van der Waals surface area contributed by atoms with Gasteiger partial charge in [0.2, 0.25) is 0 Å². The summed E-state index contributed by atoms with van der Waals surface area (Å²) in [4.78, 5) is 4.10. The predicted molar refractivity (Wildman–Crippen MR) is 80.0 cm³/mol. The van der Waals surface area contributed by atoms with Crippen molar-refractivity contribution in [1.29, 1.82) is 0 Å². The van der Waals surface area contributed by atoms with Crippen LogP contribution in [0.15, 0.2) is 49.1 Å². The van der Waals surface area contributed by atoms with Crippen LogP contribution in [-0.2, 0) is 13.0 Å². The number of rotatable bonds is 7. The lowest BCUT2D eigenvalue weighted by molar-refractivity contribution is 0.639. The summed E-state index contributed by atoms with van der Waals surface area (Å²) in [7, 11) is 0. The molecule has 0 aliphatic heterocycles. The van der Waals surface area contributed by atoms with Gasteiger partial charge in [-0.2, -0.15) is 10.2 Å². The molecule has 0 spiro atoms. The second-order valence-corrected chi connectivity index (χ2v) is 4.83. The van der Waals surface area contributed by atoms with Gasteiger partial charge in [0.1, 0.15) is 12.2 Å². The average Bonchev–Trinajstić information content (AvgIpc) is 3.21. The standard InChI is InChI=1S/C15H18N6/c1(3-15-17-12-18-20-15)8-16-11-13-4-6-14(7-5-13)21-10-2-9-19-21/h2,4-7,9-10,12,16H,1,3,8,11H2,(H,17,18,20).